The van der Waals surface area contributed by atoms with Crippen molar-refractivity contribution in [2.75, 3.05) is 0 Å². The molecule has 19 heavy (non-hydrogen) atoms. The van der Waals surface area contributed by atoms with Gasteiger partial charge in [0.25, 0.3) is 0 Å². The first-order valence-electron chi connectivity index (χ1n) is 6.18. The highest BCUT2D eigenvalue weighted by atomic mass is 19.1. The molecule has 0 fully saturated rings. The molecule has 2 nitrogen and oxygen atoms in total. The topological polar surface area (TPSA) is 17.3 Å². The van der Waals surface area contributed by atoms with Crippen molar-refractivity contribution in [3.05, 3.63) is 60.2 Å². The molecule has 2 aromatic carbocycles. The average Bonchev–Trinajstić information content (AvgIpc) is 2.76. The summed E-state index contributed by atoms with van der Waals surface area (Å²) in [4.78, 5) is 4.48. The van der Waals surface area contributed by atoms with Crippen molar-refractivity contribution < 1.29 is 4.39 Å². The second-order valence-corrected chi connectivity index (χ2v) is 4.87. The van der Waals surface area contributed by atoms with E-state index < -0.39 is 0 Å². The van der Waals surface area contributed by atoms with Crippen molar-refractivity contribution in [3.8, 4) is 0 Å². The monoisotopic (exact) mass is 250 g/mol. The van der Waals surface area contributed by atoms with Crippen molar-refractivity contribution in [2.24, 2.45) is 0 Å². The Morgan fingerprint density at radius 3 is 2.84 bits per heavy atom. The van der Waals surface area contributed by atoms with Crippen LogP contribution in [0.5, 0.6) is 0 Å². The molecule has 0 aliphatic rings. The van der Waals surface area contributed by atoms with E-state index in [9.17, 15) is 4.39 Å². The zero-order chi connectivity index (χ0) is 13.0. The lowest BCUT2D eigenvalue weighted by atomic mass is 10.2. The van der Waals surface area contributed by atoms with Crippen LogP contribution in [0.15, 0.2) is 48.8 Å². The number of benzene rings is 2. The number of rotatable bonds is 0. The number of hydrogen-bond donors (Lipinski definition) is 0. The van der Waals surface area contributed by atoms with E-state index in [0.29, 0.717) is 0 Å². The molecule has 0 saturated carbocycles. The minimum Gasteiger partial charge on any atom is -0.312 e. The van der Waals surface area contributed by atoms with Crippen LogP contribution in [0.4, 0.5) is 4.39 Å². The Balaban J connectivity index is 2.26. The molecule has 0 N–H and O–H groups in total. The summed E-state index contributed by atoms with van der Waals surface area (Å²) in [7, 11) is 0. The number of fused-ring (bicyclic) bond motifs is 5. The van der Waals surface area contributed by atoms with Crippen molar-refractivity contribution in [3.63, 3.8) is 0 Å². The fourth-order valence-corrected chi connectivity index (χ4v) is 2.61. The Kier molecular flexibility index (Phi) is 1.96. The maximum Gasteiger partial charge on any atom is 0.123 e. The first-order chi connectivity index (χ1) is 9.22. The Morgan fingerprint density at radius 2 is 1.95 bits per heavy atom. The highest BCUT2D eigenvalue weighted by Crippen LogP contribution is 2.26. The second kappa shape index (κ2) is 3.54. The molecule has 0 aliphatic heterocycles. The minimum absolute atomic E-state index is 0.211. The Bertz CT molecular complexity index is 938. The predicted octanol–water partition coefficient (Wildman–Crippen LogP) is 4.09. The molecule has 0 radical (unpaired) electrons. The van der Waals surface area contributed by atoms with Crippen LogP contribution in [0.3, 0.4) is 0 Å². The van der Waals surface area contributed by atoms with Gasteiger partial charge in [0.1, 0.15) is 5.82 Å². The molecule has 2 heterocycles. The van der Waals surface area contributed by atoms with Gasteiger partial charge >= 0.3 is 0 Å². The first-order valence-corrected chi connectivity index (χ1v) is 6.18. The zero-order valence-corrected chi connectivity index (χ0v) is 10.4. The van der Waals surface area contributed by atoms with Gasteiger partial charge in [-0.2, -0.15) is 0 Å². The summed E-state index contributed by atoms with van der Waals surface area (Å²) < 4.78 is 15.4. The summed E-state index contributed by atoms with van der Waals surface area (Å²) >= 11 is 0. The molecule has 0 unspecified atom stereocenters. The van der Waals surface area contributed by atoms with Crippen LogP contribution in [0.2, 0.25) is 0 Å². The molecule has 4 rings (SSSR count). The van der Waals surface area contributed by atoms with E-state index in [4.69, 9.17) is 0 Å². The lowest BCUT2D eigenvalue weighted by Gasteiger charge is -2.03. The standard InChI is InChI=1S/C16H11FN2/c1-10-2-5-14-15(6-10)19-9-11-7-12(17)3-4-13(11)16(19)8-18-14/h2-9H,1H3. The summed E-state index contributed by atoms with van der Waals surface area (Å²) in [5.41, 5.74) is 4.19. The van der Waals surface area contributed by atoms with E-state index in [1.54, 1.807) is 6.07 Å². The van der Waals surface area contributed by atoms with Crippen molar-refractivity contribution in [2.45, 2.75) is 6.92 Å². The number of aryl methyl sites for hydroxylation is 1. The third kappa shape index (κ3) is 1.45. The van der Waals surface area contributed by atoms with Gasteiger partial charge in [-0.1, -0.05) is 6.07 Å². The van der Waals surface area contributed by atoms with Crippen LogP contribution < -0.4 is 0 Å². The van der Waals surface area contributed by atoms with Gasteiger partial charge in [0, 0.05) is 17.0 Å². The van der Waals surface area contributed by atoms with E-state index in [-0.39, 0.29) is 5.82 Å². The van der Waals surface area contributed by atoms with Crippen LogP contribution in [-0.4, -0.2) is 9.38 Å². The third-order valence-corrected chi connectivity index (χ3v) is 3.53. The molecule has 2 aromatic heterocycles. The summed E-state index contributed by atoms with van der Waals surface area (Å²) in [6.07, 6.45) is 3.81. The van der Waals surface area contributed by atoms with Gasteiger partial charge in [0.15, 0.2) is 0 Å². The molecule has 92 valence electrons. The molecule has 3 heteroatoms. The Labute approximate surface area is 109 Å². The lowest BCUT2D eigenvalue weighted by Crippen LogP contribution is -1.89. The summed E-state index contributed by atoms with van der Waals surface area (Å²) in [6.45, 7) is 2.06. The highest BCUT2D eigenvalue weighted by Gasteiger charge is 2.07. The normalized spacial score (nSPS) is 11.7. The van der Waals surface area contributed by atoms with Gasteiger partial charge in [0.2, 0.25) is 0 Å². The number of halogens is 1. The molecule has 0 atom stereocenters. The largest absolute Gasteiger partial charge is 0.312 e. The van der Waals surface area contributed by atoms with Crippen molar-refractivity contribution >= 4 is 27.3 Å². The predicted molar refractivity (Wildman–Crippen MR) is 74.9 cm³/mol. The smallest absolute Gasteiger partial charge is 0.123 e. The van der Waals surface area contributed by atoms with Crippen molar-refractivity contribution in [1.29, 1.82) is 0 Å². The summed E-state index contributed by atoms with van der Waals surface area (Å²) in [5.74, 6) is -0.211. The molecule has 0 spiro atoms. The average molecular weight is 250 g/mol. The third-order valence-electron chi connectivity index (χ3n) is 3.53. The van der Waals surface area contributed by atoms with Crippen LogP contribution in [0.25, 0.3) is 27.3 Å². The fraction of sp³-hybridized carbons (Fsp3) is 0.0625. The summed E-state index contributed by atoms with van der Waals surface area (Å²) in [5, 5.41) is 1.92. The first kappa shape index (κ1) is 10.5. The molecular formula is C16H11FN2. The SMILES string of the molecule is Cc1ccc2ncc3c4ccc(F)cc4cn3c2c1. The van der Waals surface area contributed by atoms with E-state index in [1.807, 2.05) is 30.6 Å². The molecule has 4 aromatic rings. The molecule has 0 aliphatic carbocycles. The van der Waals surface area contributed by atoms with Gasteiger partial charge < -0.3 is 4.40 Å². The summed E-state index contributed by atoms with van der Waals surface area (Å²) in [6, 6.07) is 11.0. The quantitative estimate of drug-likeness (QED) is 0.459. The Hall–Kier alpha value is -2.42. The van der Waals surface area contributed by atoms with Crippen LogP contribution >= 0.6 is 0 Å². The minimum atomic E-state index is -0.211. The van der Waals surface area contributed by atoms with Crippen LogP contribution in [0.1, 0.15) is 5.56 Å². The van der Waals surface area contributed by atoms with Crippen LogP contribution in [0, 0.1) is 12.7 Å². The van der Waals surface area contributed by atoms with E-state index in [0.717, 1.165) is 27.3 Å². The van der Waals surface area contributed by atoms with Gasteiger partial charge in [-0.3, -0.25) is 4.98 Å². The van der Waals surface area contributed by atoms with Gasteiger partial charge in [-0.05, 0) is 42.8 Å². The maximum atomic E-state index is 13.3. The number of nitrogens with zero attached hydrogens (tertiary/aromatic N) is 2. The number of aromatic nitrogens is 2. The van der Waals surface area contributed by atoms with Crippen LogP contribution in [-0.2, 0) is 0 Å². The number of hydrogen-bond acceptors (Lipinski definition) is 1. The highest BCUT2D eigenvalue weighted by molar-refractivity contribution is 5.99. The van der Waals surface area contributed by atoms with Gasteiger partial charge in [0.05, 0.1) is 22.7 Å². The molecular weight excluding hydrogens is 239 g/mol. The molecule has 0 bridgehead atoms. The Morgan fingerprint density at radius 1 is 1.05 bits per heavy atom. The lowest BCUT2D eigenvalue weighted by molar-refractivity contribution is 0.630. The van der Waals surface area contributed by atoms with Gasteiger partial charge in [-0.25, -0.2) is 4.39 Å². The van der Waals surface area contributed by atoms with E-state index >= 15 is 0 Å². The second-order valence-electron chi connectivity index (χ2n) is 4.87. The molecule has 0 saturated heterocycles. The van der Waals surface area contributed by atoms with E-state index in [1.165, 1.54) is 11.6 Å². The van der Waals surface area contributed by atoms with E-state index in [2.05, 4.69) is 22.4 Å². The van der Waals surface area contributed by atoms with Gasteiger partial charge in [-0.15, -0.1) is 0 Å². The molecule has 0 amide bonds. The zero-order valence-electron chi connectivity index (χ0n) is 10.4. The fourth-order valence-electron chi connectivity index (χ4n) is 2.61. The maximum absolute atomic E-state index is 13.3. The van der Waals surface area contributed by atoms with Crippen molar-refractivity contribution in [1.82, 2.24) is 9.38 Å².